The summed E-state index contributed by atoms with van der Waals surface area (Å²) in [7, 11) is -2.20. The van der Waals surface area contributed by atoms with Crippen molar-refractivity contribution in [3.05, 3.63) is 28.8 Å². The van der Waals surface area contributed by atoms with Crippen LogP contribution in [0.1, 0.15) is 50.4 Å². The molecule has 0 bridgehead atoms. The number of carbonyl (C=O) groups excluding carboxylic acids is 1. The lowest BCUT2D eigenvalue weighted by Gasteiger charge is -2.21. The number of nitrogens with one attached hydrogen (secondary N) is 1. The summed E-state index contributed by atoms with van der Waals surface area (Å²) in [5.74, 6) is -0.647. The molecule has 1 saturated carbocycles. The van der Waals surface area contributed by atoms with E-state index in [9.17, 15) is 13.2 Å². The second-order valence-electron chi connectivity index (χ2n) is 7.15. The number of benzene rings is 1. The van der Waals surface area contributed by atoms with Gasteiger partial charge in [-0.2, -0.15) is 0 Å². The van der Waals surface area contributed by atoms with Crippen molar-refractivity contribution < 1.29 is 22.7 Å². The summed E-state index contributed by atoms with van der Waals surface area (Å²) in [5, 5.41) is 0.145. The second-order valence-corrected chi connectivity index (χ2v) is 9.24. The number of hydrogen-bond acceptors (Lipinski definition) is 5. The lowest BCUT2D eigenvalue weighted by atomic mass is 10.1. The maximum absolute atomic E-state index is 12.5. The molecule has 2 atom stereocenters. The standard InChI is InChI=1S/C17H24ClNO5S/c1-17(2,3)19-25(21,22)11-8-9-13(18)12(10-11)16(20)24-15-7-5-6-14(15)23-4/h8-10,14-15,19H,5-7H2,1-4H3/t14-,15+/m1/s1. The molecule has 6 nitrogen and oxygen atoms in total. The predicted molar refractivity (Wildman–Crippen MR) is 95.4 cm³/mol. The number of hydrogen-bond donors (Lipinski definition) is 1. The Morgan fingerprint density at radius 3 is 2.48 bits per heavy atom. The Hall–Kier alpha value is -1.15. The van der Waals surface area contributed by atoms with Crippen molar-refractivity contribution in [3.63, 3.8) is 0 Å². The van der Waals surface area contributed by atoms with E-state index in [1.165, 1.54) is 18.2 Å². The Balaban J connectivity index is 2.25. The molecule has 0 unspecified atom stereocenters. The van der Waals surface area contributed by atoms with E-state index in [2.05, 4.69) is 4.72 Å². The number of sulfonamides is 1. The van der Waals surface area contributed by atoms with Crippen molar-refractivity contribution in [2.45, 2.75) is 62.7 Å². The summed E-state index contributed by atoms with van der Waals surface area (Å²) in [6.07, 6.45) is 1.96. The first-order valence-electron chi connectivity index (χ1n) is 8.11. The number of carbonyl (C=O) groups is 1. The molecule has 2 rings (SSSR count). The van der Waals surface area contributed by atoms with Crippen molar-refractivity contribution >= 4 is 27.6 Å². The highest BCUT2D eigenvalue weighted by Crippen LogP contribution is 2.27. The summed E-state index contributed by atoms with van der Waals surface area (Å²) in [6, 6.07) is 3.99. The minimum absolute atomic E-state index is 0.0280. The number of esters is 1. The first-order chi connectivity index (χ1) is 11.5. The first-order valence-corrected chi connectivity index (χ1v) is 9.97. The number of methoxy groups -OCH3 is 1. The molecule has 1 N–H and O–H groups in total. The van der Waals surface area contributed by atoms with Crippen molar-refractivity contribution in [3.8, 4) is 0 Å². The summed E-state index contributed by atoms with van der Waals surface area (Å²) in [5.41, 5.74) is -0.616. The van der Waals surface area contributed by atoms with E-state index in [1.54, 1.807) is 27.9 Å². The molecule has 140 valence electrons. The monoisotopic (exact) mass is 389 g/mol. The zero-order valence-corrected chi connectivity index (χ0v) is 16.4. The van der Waals surface area contributed by atoms with Crippen LogP contribution in [0, 0.1) is 0 Å². The third-order valence-electron chi connectivity index (χ3n) is 3.86. The van der Waals surface area contributed by atoms with Crippen molar-refractivity contribution in [1.82, 2.24) is 4.72 Å². The summed E-state index contributed by atoms with van der Waals surface area (Å²) in [4.78, 5) is 12.4. The normalized spacial score (nSPS) is 21.3. The van der Waals surface area contributed by atoms with Crippen LogP contribution in [0.5, 0.6) is 0 Å². The van der Waals surface area contributed by atoms with E-state index in [0.717, 1.165) is 12.8 Å². The van der Waals surface area contributed by atoms with Gasteiger partial charge >= 0.3 is 5.97 Å². The highest BCUT2D eigenvalue weighted by Gasteiger charge is 2.32. The lowest BCUT2D eigenvalue weighted by molar-refractivity contribution is -0.0206. The molecule has 1 aromatic carbocycles. The molecule has 1 fully saturated rings. The van der Waals surface area contributed by atoms with Gasteiger partial charge in [-0.15, -0.1) is 0 Å². The van der Waals surface area contributed by atoms with Crippen molar-refractivity contribution in [2.24, 2.45) is 0 Å². The van der Waals surface area contributed by atoms with Crippen molar-refractivity contribution in [2.75, 3.05) is 7.11 Å². The highest BCUT2D eigenvalue weighted by atomic mass is 35.5. The Labute approximate surface area is 153 Å². The largest absolute Gasteiger partial charge is 0.456 e. The van der Waals surface area contributed by atoms with E-state index in [4.69, 9.17) is 21.1 Å². The van der Waals surface area contributed by atoms with Gasteiger partial charge in [0, 0.05) is 12.6 Å². The van der Waals surface area contributed by atoms with Gasteiger partial charge in [-0.3, -0.25) is 0 Å². The smallest absolute Gasteiger partial charge is 0.340 e. The molecule has 0 spiro atoms. The molecular formula is C17H24ClNO5S. The molecule has 0 saturated heterocycles. The molecule has 25 heavy (non-hydrogen) atoms. The lowest BCUT2D eigenvalue weighted by Crippen LogP contribution is -2.40. The van der Waals surface area contributed by atoms with E-state index >= 15 is 0 Å². The van der Waals surface area contributed by atoms with Gasteiger partial charge in [0.2, 0.25) is 10.0 Å². The van der Waals surface area contributed by atoms with Crippen LogP contribution in [0.15, 0.2) is 23.1 Å². The van der Waals surface area contributed by atoms with Crippen molar-refractivity contribution in [1.29, 1.82) is 0 Å². The molecule has 1 aliphatic carbocycles. The van der Waals surface area contributed by atoms with Crippen LogP contribution >= 0.6 is 11.6 Å². The molecule has 1 aliphatic rings. The Kier molecular flexibility index (Phi) is 6.14. The SMILES string of the molecule is CO[C@@H]1CCC[C@@H]1OC(=O)c1cc(S(=O)(=O)NC(C)(C)C)ccc1Cl. The van der Waals surface area contributed by atoms with Crippen LogP contribution in [0.25, 0.3) is 0 Å². The second kappa shape index (κ2) is 7.61. The summed E-state index contributed by atoms with van der Waals surface area (Å²) in [6.45, 7) is 5.21. The quantitative estimate of drug-likeness (QED) is 0.782. The molecule has 0 aliphatic heterocycles. The van der Waals surface area contributed by atoms with Gasteiger partial charge < -0.3 is 9.47 Å². The third kappa shape index (κ3) is 5.17. The Morgan fingerprint density at radius 2 is 1.88 bits per heavy atom. The zero-order valence-electron chi connectivity index (χ0n) is 14.8. The zero-order chi connectivity index (χ0) is 18.8. The molecule has 0 amide bonds. The topological polar surface area (TPSA) is 81.7 Å². The highest BCUT2D eigenvalue weighted by molar-refractivity contribution is 7.89. The summed E-state index contributed by atoms with van der Waals surface area (Å²) < 4.78 is 38.2. The van der Waals surface area contributed by atoms with Gasteiger partial charge in [-0.1, -0.05) is 11.6 Å². The predicted octanol–water partition coefficient (Wildman–Crippen LogP) is 3.14. The molecule has 0 radical (unpaired) electrons. The fourth-order valence-electron chi connectivity index (χ4n) is 2.79. The summed E-state index contributed by atoms with van der Waals surface area (Å²) >= 11 is 6.08. The van der Waals surface area contributed by atoms with Crippen LogP contribution in [0.4, 0.5) is 0 Å². The van der Waals surface area contributed by atoms with Crippen LogP contribution in [-0.4, -0.2) is 39.2 Å². The number of ether oxygens (including phenoxy) is 2. The van der Waals surface area contributed by atoms with E-state index in [0.29, 0.717) is 6.42 Å². The maximum atomic E-state index is 12.5. The van der Waals surface area contributed by atoms with E-state index in [1.807, 2.05) is 0 Å². The first kappa shape index (κ1) is 20.2. The van der Waals surface area contributed by atoms with E-state index < -0.39 is 21.5 Å². The van der Waals surface area contributed by atoms with Crippen LogP contribution in [0.3, 0.4) is 0 Å². The van der Waals surface area contributed by atoms with Crippen LogP contribution in [-0.2, 0) is 19.5 Å². The average molecular weight is 390 g/mol. The molecule has 8 heteroatoms. The molecule has 1 aromatic rings. The maximum Gasteiger partial charge on any atom is 0.340 e. The van der Waals surface area contributed by atoms with Gasteiger partial charge in [0.1, 0.15) is 6.10 Å². The van der Waals surface area contributed by atoms with Gasteiger partial charge in [-0.25, -0.2) is 17.9 Å². The minimum atomic E-state index is -3.77. The van der Waals surface area contributed by atoms with Gasteiger partial charge in [0.05, 0.1) is 21.6 Å². The van der Waals surface area contributed by atoms with Crippen LogP contribution < -0.4 is 4.72 Å². The molecule has 0 heterocycles. The number of rotatable bonds is 5. The fraction of sp³-hybridized carbons (Fsp3) is 0.588. The third-order valence-corrected chi connectivity index (χ3v) is 5.95. The van der Waals surface area contributed by atoms with Gasteiger partial charge in [-0.05, 0) is 58.2 Å². The van der Waals surface area contributed by atoms with Gasteiger partial charge in [0.15, 0.2) is 0 Å². The Bertz CT molecular complexity index is 742. The molecular weight excluding hydrogens is 366 g/mol. The number of halogens is 1. The average Bonchev–Trinajstić information content (AvgIpc) is 2.92. The minimum Gasteiger partial charge on any atom is -0.456 e. The Morgan fingerprint density at radius 1 is 1.24 bits per heavy atom. The fourth-order valence-corrected chi connectivity index (χ4v) is 4.43. The van der Waals surface area contributed by atoms with Gasteiger partial charge in [0.25, 0.3) is 0 Å². The van der Waals surface area contributed by atoms with E-state index in [-0.39, 0.29) is 27.7 Å². The molecule has 0 aromatic heterocycles. The van der Waals surface area contributed by atoms with Crippen LogP contribution in [0.2, 0.25) is 5.02 Å².